The zero-order chi connectivity index (χ0) is 47.2. The van der Waals surface area contributed by atoms with Gasteiger partial charge >= 0.3 is 5.97 Å². The first-order chi connectivity index (χ1) is 30.2. The number of carbonyl (C=O) groups excluding carboxylic acids is 1. The molecule has 18 heteroatoms. The van der Waals surface area contributed by atoms with Crippen molar-refractivity contribution < 1.29 is 88.6 Å². The SMILES string of the molecule is CC(=O)OC1C(O)COC(OC2CC[C@]34C[C@]35CC[C@]3(C)C([C@@]6(C)CC[C@@H](C(C)(C)O)O6)[C@@H](O)C[C@@]3(C)C5C[C@H](OC3OCC(O)C(O)C3O)C4C2(C)C)C1OC1OCC(O)C(O)C1O. The van der Waals surface area contributed by atoms with Crippen molar-refractivity contribution in [3.8, 4) is 0 Å². The molecule has 16 unspecified atom stereocenters. The van der Waals surface area contributed by atoms with Gasteiger partial charge in [-0.15, -0.1) is 0 Å². The molecule has 4 heterocycles. The molecule has 4 saturated heterocycles. The van der Waals surface area contributed by atoms with Gasteiger partial charge in [-0.3, -0.25) is 4.79 Å². The molecule has 18 nitrogen and oxygen atoms in total. The van der Waals surface area contributed by atoms with Crippen LogP contribution in [0.4, 0.5) is 0 Å². The number of aliphatic hydroxyl groups excluding tert-OH is 8. The number of esters is 1. The molecule has 372 valence electrons. The highest BCUT2D eigenvalue weighted by Gasteiger charge is 2.85. The van der Waals surface area contributed by atoms with Gasteiger partial charge in [-0.05, 0) is 117 Å². The van der Waals surface area contributed by atoms with E-state index in [1.807, 2.05) is 0 Å². The van der Waals surface area contributed by atoms with Crippen molar-refractivity contribution in [2.24, 2.45) is 44.8 Å². The fourth-order valence-corrected chi connectivity index (χ4v) is 16.1. The number of rotatable bonds is 9. The van der Waals surface area contributed by atoms with Crippen molar-refractivity contribution in [2.45, 2.75) is 223 Å². The molecule has 5 saturated carbocycles. The maximum atomic E-state index is 12.4. The van der Waals surface area contributed by atoms with Gasteiger partial charge < -0.3 is 83.9 Å². The minimum absolute atomic E-state index is 0.0791. The molecule has 65 heavy (non-hydrogen) atoms. The Balaban J connectivity index is 1.04. The van der Waals surface area contributed by atoms with E-state index in [9.17, 15) is 50.8 Å². The van der Waals surface area contributed by atoms with Crippen molar-refractivity contribution in [1.82, 2.24) is 0 Å². The van der Waals surface area contributed by atoms with Gasteiger partial charge in [0.25, 0.3) is 0 Å². The lowest BCUT2D eigenvalue weighted by Crippen LogP contribution is -2.65. The Labute approximate surface area is 381 Å². The van der Waals surface area contributed by atoms with Crippen molar-refractivity contribution in [2.75, 3.05) is 19.8 Å². The molecule has 4 aliphatic heterocycles. The number of carbonyl (C=O) groups is 1. The molecule has 9 fully saturated rings. The minimum Gasteiger partial charge on any atom is -0.457 e. The molecule has 9 aliphatic rings. The Bertz CT molecular complexity index is 1780. The summed E-state index contributed by atoms with van der Waals surface area (Å²) in [4.78, 5) is 12.4. The van der Waals surface area contributed by atoms with Gasteiger partial charge in [0.05, 0.1) is 55.4 Å². The van der Waals surface area contributed by atoms with E-state index in [2.05, 4.69) is 34.6 Å². The molecule has 0 radical (unpaired) electrons. The molecule has 0 bridgehead atoms. The highest BCUT2D eigenvalue weighted by Crippen LogP contribution is 2.89. The highest BCUT2D eigenvalue weighted by molar-refractivity contribution is 5.66. The van der Waals surface area contributed by atoms with E-state index in [1.165, 1.54) is 6.92 Å². The highest BCUT2D eigenvalue weighted by atomic mass is 16.8. The van der Waals surface area contributed by atoms with Crippen LogP contribution in [0.15, 0.2) is 0 Å². The lowest BCUT2D eigenvalue weighted by Gasteiger charge is -2.65. The molecule has 2 spiro atoms. The summed E-state index contributed by atoms with van der Waals surface area (Å²) >= 11 is 0. The van der Waals surface area contributed by atoms with E-state index in [0.717, 1.165) is 32.1 Å². The summed E-state index contributed by atoms with van der Waals surface area (Å²) in [6.45, 7) is 14.9. The standard InChI is InChI=1S/C47H76O18/c1-21(48)61-34-25(52)19-60-40(35(34)64-39-33(56)31(54)24(51)18-59-39)63-28-10-12-47-20-46(47)14-13-43(6)36(45(8)11-9-29(65-45)42(4,5)57)22(49)16-44(43,7)27(46)15-26(37(47)41(28,2)3)62-38-32(55)30(53)23(50)17-58-38/h22-40,49-57H,9-20H2,1-8H3/t22-,23?,24?,25?,26-,27?,28?,29-,30?,31?,32?,33?,34?,35?,36?,37?,38?,39?,40?,43+,44-,45+,46-,47+/m0/s1. The van der Waals surface area contributed by atoms with Crippen LogP contribution in [0.1, 0.15) is 113 Å². The second kappa shape index (κ2) is 16.5. The largest absolute Gasteiger partial charge is 0.457 e. The molecule has 9 N–H and O–H groups in total. The Morgan fingerprint density at radius 3 is 1.83 bits per heavy atom. The van der Waals surface area contributed by atoms with E-state index < -0.39 is 115 Å². The Hall–Kier alpha value is -1.17. The Kier molecular flexibility index (Phi) is 12.4. The number of fused-ring (bicyclic) bond motifs is 2. The van der Waals surface area contributed by atoms with Crippen molar-refractivity contribution in [3.63, 3.8) is 0 Å². The molecule has 0 amide bonds. The fourth-order valence-electron chi connectivity index (χ4n) is 16.1. The average Bonchev–Trinajstić information content (AvgIpc) is 3.58. The maximum absolute atomic E-state index is 12.4. The van der Waals surface area contributed by atoms with Crippen molar-refractivity contribution in [1.29, 1.82) is 0 Å². The first-order valence-corrected chi connectivity index (χ1v) is 24.1. The van der Waals surface area contributed by atoms with Crippen LogP contribution in [0.2, 0.25) is 0 Å². The monoisotopic (exact) mass is 929 g/mol. The van der Waals surface area contributed by atoms with Crippen LogP contribution in [-0.4, -0.2) is 181 Å². The van der Waals surface area contributed by atoms with Crippen LogP contribution in [0.3, 0.4) is 0 Å². The van der Waals surface area contributed by atoms with E-state index in [4.69, 9.17) is 37.9 Å². The van der Waals surface area contributed by atoms with Crippen molar-refractivity contribution >= 4 is 5.97 Å². The summed E-state index contributed by atoms with van der Waals surface area (Å²) in [6, 6.07) is 0. The van der Waals surface area contributed by atoms with E-state index in [-0.39, 0.29) is 65.3 Å². The van der Waals surface area contributed by atoms with Crippen LogP contribution >= 0.6 is 0 Å². The third kappa shape index (κ3) is 7.44. The Morgan fingerprint density at radius 1 is 0.631 bits per heavy atom. The van der Waals surface area contributed by atoms with E-state index >= 15 is 0 Å². The molecular formula is C47H76O18. The van der Waals surface area contributed by atoms with E-state index in [1.54, 1.807) is 13.8 Å². The number of ether oxygens (including phenoxy) is 8. The quantitative estimate of drug-likeness (QED) is 0.112. The lowest BCUT2D eigenvalue weighted by molar-refractivity contribution is -0.359. The first kappa shape index (κ1) is 48.8. The van der Waals surface area contributed by atoms with Gasteiger partial charge in [0.2, 0.25) is 0 Å². The second-order valence-electron chi connectivity index (χ2n) is 23.6. The van der Waals surface area contributed by atoms with Gasteiger partial charge in [-0.1, -0.05) is 27.7 Å². The lowest BCUT2D eigenvalue weighted by atomic mass is 9.41. The molecule has 0 aromatic carbocycles. The summed E-state index contributed by atoms with van der Waals surface area (Å²) < 4.78 is 50.1. The summed E-state index contributed by atoms with van der Waals surface area (Å²) in [6.07, 6.45) is -12.5. The van der Waals surface area contributed by atoms with Gasteiger partial charge in [0.15, 0.2) is 31.1 Å². The van der Waals surface area contributed by atoms with Crippen LogP contribution in [0.25, 0.3) is 0 Å². The van der Waals surface area contributed by atoms with E-state index in [0.29, 0.717) is 25.7 Å². The summed E-state index contributed by atoms with van der Waals surface area (Å²) in [5.74, 6) is -1.02. The molecule has 9 rings (SSSR count). The van der Waals surface area contributed by atoms with Crippen LogP contribution < -0.4 is 0 Å². The second-order valence-corrected chi connectivity index (χ2v) is 23.6. The molecule has 24 atom stereocenters. The molecular weight excluding hydrogens is 852 g/mol. The summed E-state index contributed by atoms with van der Waals surface area (Å²) in [5, 5.41) is 98.3. The van der Waals surface area contributed by atoms with Gasteiger partial charge in [-0.25, -0.2) is 0 Å². The van der Waals surface area contributed by atoms with Gasteiger partial charge in [-0.2, -0.15) is 0 Å². The normalized spacial score (nSPS) is 56.2. The maximum Gasteiger partial charge on any atom is 0.303 e. The predicted octanol–water partition coefficient (Wildman–Crippen LogP) is 0.397. The van der Waals surface area contributed by atoms with Crippen LogP contribution in [0.5, 0.6) is 0 Å². The summed E-state index contributed by atoms with van der Waals surface area (Å²) in [7, 11) is 0. The minimum atomic E-state index is -1.69. The smallest absolute Gasteiger partial charge is 0.303 e. The average molecular weight is 929 g/mol. The summed E-state index contributed by atoms with van der Waals surface area (Å²) in [5.41, 5.74) is -3.47. The zero-order valence-electron chi connectivity index (χ0n) is 39.2. The molecule has 0 aromatic heterocycles. The topological polar surface area (TPSA) is 273 Å². The Morgan fingerprint density at radius 2 is 1.23 bits per heavy atom. The number of aliphatic hydroxyl groups is 9. The van der Waals surface area contributed by atoms with Crippen LogP contribution in [-0.2, 0) is 42.7 Å². The zero-order valence-corrected chi connectivity index (χ0v) is 39.2. The first-order valence-electron chi connectivity index (χ1n) is 24.1. The van der Waals surface area contributed by atoms with Gasteiger partial charge in [0, 0.05) is 12.8 Å². The number of hydrogen-bond donors (Lipinski definition) is 9. The fraction of sp³-hybridized carbons (Fsp3) is 0.979. The number of hydrogen-bond acceptors (Lipinski definition) is 18. The van der Waals surface area contributed by atoms with Crippen molar-refractivity contribution in [3.05, 3.63) is 0 Å². The molecule has 5 aliphatic carbocycles. The molecule has 0 aromatic rings. The third-order valence-corrected chi connectivity index (χ3v) is 19.2. The third-order valence-electron chi connectivity index (χ3n) is 19.2. The predicted molar refractivity (Wildman–Crippen MR) is 224 cm³/mol. The van der Waals surface area contributed by atoms with Gasteiger partial charge in [0.1, 0.15) is 42.7 Å². The van der Waals surface area contributed by atoms with Crippen LogP contribution in [0, 0.1) is 44.8 Å².